The Balaban J connectivity index is 1.91. The molecule has 24 heavy (non-hydrogen) atoms. The van der Waals surface area contributed by atoms with Crippen molar-refractivity contribution >= 4 is 16.5 Å². The van der Waals surface area contributed by atoms with Crippen LogP contribution in [0.4, 0.5) is 0 Å². The molecule has 2 bridgehead atoms. The lowest BCUT2D eigenvalue weighted by atomic mass is 9.86. The lowest BCUT2D eigenvalue weighted by molar-refractivity contribution is 0.716. The smallest absolute Gasteiger partial charge is 0.0712 e. The maximum Gasteiger partial charge on any atom is 0.0712 e. The first kappa shape index (κ1) is 15.6. The van der Waals surface area contributed by atoms with E-state index in [1.807, 2.05) is 0 Å². The van der Waals surface area contributed by atoms with E-state index in [2.05, 4.69) is 64.1 Å². The van der Waals surface area contributed by atoms with Gasteiger partial charge in [0, 0.05) is 5.39 Å². The summed E-state index contributed by atoms with van der Waals surface area (Å²) in [7, 11) is 0. The summed E-state index contributed by atoms with van der Waals surface area (Å²) in [6.45, 7) is 8.91. The van der Waals surface area contributed by atoms with Gasteiger partial charge in [0.15, 0.2) is 0 Å². The minimum absolute atomic E-state index is 0.584. The van der Waals surface area contributed by atoms with Crippen LogP contribution in [0.1, 0.15) is 75.6 Å². The minimum atomic E-state index is 0.584. The lowest BCUT2D eigenvalue weighted by Crippen LogP contribution is -2.06. The van der Waals surface area contributed by atoms with Crippen molar-refractivity contribution in [2.45, 2.75) is 58.8 Å². The molecule has 1 saturated carbocycles. The summed E-state index contributed by atoms with van der Waals surface area (Å²) in [6, 6.07) is 8.72. The Morgan fingerprint density at radius 3 is 2.54 bits per heavy atom. The largest absolute Gasteiger partial charge is 0.248 e. The van der Waals surface area contributed by atoms with Gasteiger partial charge in [0.1, 0.15) is 0 Å². The Bertz CT molecular complexity index is 854. The molecule has 0 aliphatic heterocycles. The molecular formula is C23H27N. The molecule has 2 aliphatic carbocycles. The van der Waals surface area contributed by atoms with Gasteiger partial charge in [-0.25, -0.2) is 4.98 Å². The first-order valence-electron chi connectivity index (χ1n) is 9.34. The summed E-state index contributed by atoms with van der Waals surface area (Å²) >= 11 is 0. The molecule has 4 rings (SSSR count). The van der Waals surface area contributed by atoms with E-state index in [9.17, 15) is 0 Å². The molecule has 1 fully saturated rings. The van der Waals surface area contributed by atoms with E-state index < -0.39 is 0 Å². The predicted molar refractivity (Wildman–Crippen MR) is 103 cm³/mol. The normalized spacial score (nSPS) is 23.4. The van der Waals surface area contributed by atoms with Crippen LogP contribution < -0.4 is 0 Å². The van der Waals surface area contributed by atoms with Crippen LogP contribution in [-0.4, -0.2) is 4.98 Å². The van der Waals surface area contributed by atoms with Gasteiger partial charge in [-0.2, -0.15) is 0 Å². The van der Waals surface area contributed by atoms with Crippen molar-refractivity contribution in [3.63, 3.8) is 0 Å². The second kappa shape index (κ2) is 5.88. The van der Waals surface area contributed by atoms with Crippen molar-refractivity contribution in [1.29, 1.82) is 0 Å². The number of pyridine rings is 1. The number of hydrogen-bond acceptors (Lipinski definition) is 1. The molecule has 0 saturated heterocycles. The first-order valence-corrected chi connectivity index (χ1v) is 9.34. The molecule has 2 aliphatic rings. The molecule has 0 N–H and O–H groups in total. The highest BCUT2D eigenvalue weighted by Gasteiger charge is 2.40. The van der Waals surface area contributed by atoms with Gasteiger partial charge in [-0.3, -0.25) is 0 Å². The summed E-state index contributed by atoms with van der Waals surface area (Å²) in [6.07, 6.45) is 8.70. The van der Waals surface area contributed by atoms with E-state index in [0.29, 0.717) is 5.92 Å². The number of nitrogens with zero attached hydrogens (tertiary/aromatic N) is 1. The Morgan fingerprint density at radius 2 is 1.79 bits per heavy atom. The van der Waals surface area contributed by atoms with E-state index in [1.54, 1.807) is 11.1 Å². The number of aromatic nitrogens is 1. The number of benzene rings is 1. The van der Waals surface area contributed by atoms with Crippen LogP contribution in [0.5, 0.6) is 0 Å². The lowest BCUT2D eigenvalue weighted by Gasteiger charge is -2.21. The Labute approximate surface area is 145 Å². The van der Waals surface area contributed by atoms with Gasteiger partial charge in [0.2, 0.25) is 0 Å². The van der Waals surface area contributed by atoms with Crippen molar-refractivity contribution in [2.24, 2.45) is 5.92 Å². The molecule has 1 aromatic carbocycles. The Kier molecular flexibility index (Phi) is 3.83. The molecule has 2 atom stereocenters. The van der Waals surface area contributed by atoms with Crippen molar-refractivity contribution in [3.8, 4) is 0 Å². The summed E-state index contributed by atoms with van der Waals surface area (Å²) in [5.74, 6) is 2.08. The third kappa shape index (κ3) is 2.51. The number of para-hydroxylation sites is 1. The van der Waals surface area contributed by atoms with Crippen molar-refractivity contribution in [3.05, 3.63) is 58.8 Å². The zero-order valence-electron chi connectivity index (χ0n) is 15.3. The van der Waals surface area contributed by atoms with Crippen LogP contribution >= 0.6 is 0 Å². The molecule has 2 aromatic rings. The van der Waals surface area contributed by atoms with Gasteiger partial charge in [-0.05, 0) is 73.6 Å². The van der Waals surface area contributed by atoms with E-state index in [4.69, 9.17) is 4.98 Å². The average molecular weight is 317 g/mol. The molecule has 2 unspecified atom stereocenters. The molecule has 0 amide bonds. The standard InChI is InChI=1S/C23H27N/c1-14(2)11-15(3)12-16(4)23-22-18-10-9-17(13-18)21(22)19-7-5-6-8-20(19)24-23/h5-8,11-12,14,17-18H,9-10,13H2,1-4H3/b15-11-,16-12+. The minimum Gasteiger partial charge on any atom is -0.248 e. The molecule has 0 radical (unpaired) electrons. The maximum atomic E-state index is 5.10. The fourth-order valence-electron chi connectivity index (χ4n) is 4.90. The molecular weight excluding hydrogens is 290 g/mol. The van der Waals surface area contributed by atoms with Crippen LogP contribution in [0.3, 0.4) is 0 Å². The quantitative estimate of drug-likeness (QED) is 0.581. The number of fused-ring (bicyclic) bond motifs is 7. The fourth-order valence-corrected chi connectivity index (χ4v) is 4.90. The van der Waals surface area contributed by atoms with Crippen LogP contribution in [0.2, 0.25) is 0 Å². The number of hydrogen-bond donors (Lipinski definition) is 0. The van der Waals surface area contributed by atoms with Crippen LogP contribution in [0.25, 0.3) is 16.5 Å². The van der Waals surface area contributed by atoms with Gasteiger partial charge in [-0.15, -0.1) is 0 Å². The maximum absolute atomic E-state index is 5.10. The van der Waals surface area contributed by atoms with Gasteiger partial charge < -0.3 is 0 Å². The molecule has 1 nitrogen and oxygen atoms in total. The topological polar surface area (TPSA) is 12.9 Å². The predicted octanol–water partition coefficient (Wildman–Crippen LogP) is 6.61. The number of allylic oxidation sites excluding steroid dienone is 4. The highest BCUT2D eigenvalue weighted by Crippen LogP contribution is 2.56. The summed E-state index contributed by atoms with van der Waals surface area (Å²) < 4.78 is 0. The second-order valence-electron chi connectivity index (χ2n) is 7.99. The first-order chi connectivity index (χ1) is 11.5. The average Bonchev–Trinajstić information content (AvgIpc) is 3.15. The van der Waals surface area contributed by atoms with Crippen molar-refractivity contribution < 1.29 is 0 Å². The zero-order valence-corrected chi connectivity index (χ0v) is 15.3. The van der Waals surface area contributed by atoms with E-state index in [0.717, 1.165) is 17.4 Å². The molecule has 1 aromatic heterocycles. The zero-order chi connectivity index (χ0) is 16.8. The summed E-state index contributed by atoms with van der Waals surface area (Å²) in [4.78, 5) is 5.10. The van der Waals surface area contributed by atoms with Crippen molar-refractivity contribution in [2.75, 3.05) is 0 Å². The Morgan fingerprint density at radius 1 is 1.08 bits per heavy atom. The SMILES string of the molecule is CC(=C/C(C)C)/C=C(\C)c1nc2ccccc2c2c1C1CCC2C1. The highest BCUT2D eigenvalue weighted by molar-refractivity contribution is 5.88. The van der Waals surface area contributed by atoms with Gasteiger partial charge in [-0.1, -0.05) is 49.8 Å². The fraction of sp³-hybridized carbons (Fsp3) is 0.435. The van der Waals surface area contributed by atoms with E-state index in [-0.39, 0.29) is 0 Å². The summed E-state index contributed by atoms with van der Waals surface area (Å²) in [5.41, 5.74) is 8.26. The van der Waals surface area contributed by atoms with Gasteiger partial charge >= 0.3 is 0 Å². The van der Waals surface area contributed by atoms with E-state index >= 15 is 0 Å². The van der Waals surface area contributed by atoms with Crippen LogP contribution in [-0.2, 0) is 0 Å². The van der Waals surface area contributed by atoms with Crippen molar-refractivity contribution in [1.82, 2.24) is 4.98 Å². The molecule has 1 heterocycles. The third-order valence-electron chi connectivity index (χ3n) is 5.63. The molecule has 1 heteroatoms. The van der Waals surface area contributed by atoms with E-state index in [1.165, 1.54) is 41.5 Å². The molecule has 124 valence electrons. The van der Waals surface area contributed by atoms with Gasteiger partial charge in [0.05, 0.1) is 11.2 Å². The molecule has 0 spiro atoms. The second-order valence-corrected chi connectivity index (χ2v) is 7.99. The number of rotatable bonds is 3. The van der Waals surface area contributed by atoms with Crippen LogP contribution in [0.15, 0.2) is 42.0 Å². The van der Waals surface area contributed by atoms with Gasteiger partial charge in [0.25, 0.3) is 0 Å². The van der Waals surface area contributed by atoms with Crippen LogP contribution in [0, 0.1) is 5.92 Å². The summed E-state index contributed by atoms with van der Waals surface area (Å²) in [5, 5.41) is 1.39. The third-order valence-corrected chi connectivity index (χ3v) is 5.63. The Hall–Kier alpha value is -1.89. The highest BCUT2D eigenvalue weighted by atomic mass is 14.7. The monoisotopic (exact) mass is 317 g/mol.